The quantitative estimate of drug-likeness (QED) is 0.851. The fourth-order valence-electron chi connectivity index (χ4n) is 2.77. The van der Waals surface area contributed by atoms with Crippen LogP contribution in [-0.2, 0) is 6.54 Å². The Morgan fingerprint density at radius 2 is 1.86 bits per heavy atom. The second-order valence-electron chi connectivity index (χ2n) is 7.01. The Labute approximate surface area is 134 Å². The molecular weight excluding hydrogens is 278 g/mol. The highest BCUT2D eigenvalue weighted by Gasteiger charge is 2.29. The first kappa shape index (κ1) is 16.8. The van der Waals surface area contributed by atoms with E-state index in [0.717, 1.165) is 37.9 Å². The molecule has 0 radical (unpaired) electrons. The standard InChI is InChI=1S/C17H31N3S/c1-7-12(4)16-15(8-18-11(2)3)21-17(19-16)20-9-13(5)14(6)10-20/h11-14,18H,7-10H2,1-6H3. The Hall–Kier alpha value is -0.610. The molecule has 2 rings (SSSR count). The number of aromatic nitrogens is 1. The molecule has 1 aliphatic rings. The van der Waals surface area contributed by atoms with Gasteiger partial charge in [0.1, 0.15) is 0 Å². The Morgan fingerprint density at radius 1 is 1.24 bits per heavy atom. The molecule has 0 bridgehead atoms. The average Bonchev–Trinajstić information content (AvgIpc) is 3.00. The van der Waals surface area contributed by atoms with E-state index in [1.165, 1.54) is 15.7 Å². The van der Waals surface area contributed by atoms with Gasteiger partial charge in [-0.2, -0.15) is 0 Å². The zero-order chi connectivity index (χ0) is 15.6. The van der Waals surface area contributed by atoms with Crippen molar-refractivity contribution in [2.24, 2.45) is 11.8 Å². The van der Waals surface area contributed by atoms with Crippen molar-refractivity contribution in [2.45, 2.75) is 66.5 Å². The Morgan fingerprint density at radius 3 is 2.38 bits per heavy atom. The van der Waals surface area contributed by atoms with Crippen LogP contribution in [0.3, 0.4) is 0 Å². The lowest BCUT2D eigenvalue weighted by Gasteiger charge is -2.13. The zero-order valence-electron chi connectivity index (χ0n) is 14.4. The fraction of sp³-hybridized carbons (Fsp3) is 0.824. The second-order valence-corrected chi connectivity index (χ2v) is 8.07. The first-order valence-electron chi connectivity index (χ1n) is 8.40. The summed E-state index contributed by atoms with van der Waals surface area (Å²) in [5.74, 6) is 2.10. The van der Waals surface area contributed by atoms with Gasteiger partial charge in [-0.15, -0.1) is 11.3 Å². The summed E-state index contributed by atoms with van der Waals surface area (Å²) >= 11 is 1.90. The van der Waals surface area contributed by atoms with E-state index in [9.17, 15) is 0 Å². The Kier molecular flexibility index (Phi) is 5.67. The lowest BCUT2D eigenvalue weighted by atomic mass is 10.0. The van der Waals surface area contributed by atoms with E-state index >= 15 is 0 Å². The molecule has 21 heavy (non-hydrogen) atoms. The van der Waals surface area contributed by atoms with Crippen LogP contribution in [-0.4, -0.2) is 24.1 Å². The minimum absolute atomic E-state index is 0.521. The number of hydrogen-bond acceptors (Lipinski definition) is 4. The van der Waals surface area contributed by atoms with E-state index in [2.05, 4.69) is 51.8 Å². The molecule has 0 amide bonds. The minimum Gasteiger partial charge on any atom is -0.348 e. The normalized spacial score (nSPS) is 24.0. The Balaban J connectivity index is 2.19. The summed E-state index contributed by atoms with van der Waals surface area (Å²) in [6, 6.07) is 0.521. The molecule has 1 saturated heterocycles. The lowest BCUT2D eigenvalue weighted by molar-refractivity contribution is 0.494. The molecule has 3 atom stereocenters. The van der Waals surface area contributed by atoms with Gasteiger partial charge in [0, 0.05) is 30.6 Å². The van der Waals surface area contributed by atoms with Crippen LogP contribution in [0.15, 0.2) is 0 Å². The summed E-state index contributed by atoms with van der Waals surface area (Å²) in [7, 11) is 0. The summed E-state index contributed by atoms with van der Waals surface area (Å²) in [5, 5.41) is 4.79. The molecular formula is C17H31N3S. The van der Waals surface area contributed by atoms with Gasteiger partial charge in [0.2, 0.25) is 0 Å². The van der Waals surface area contributed by atoms with Crippen molar-refractivity contribution >= 4 is 16.5 Å². The van der Waals surface area contributed by atoms with Gasteiger partial charge in [0.05, 0.1) is 5.69 Å². The maximum atomic E-state index is 5.01. The topological polar surface area (TPSA) is 28.2 Å². The molecule has 2 heterocycles. The van der Waals surface area contributed by atoms with Crippen molar-refractivity contribution in [1.82, 2.24) is 10.3 Å². The summed E-state index contributed by atoms with van der Waals surface area (Å²) in [6.07, 6.45) is 1.16. The largest absolute Gasteiger partial charge is 0.348 e. The fourth-order valence-corrected chi connectivity index (χ4v) is 3.92. The van der Waals surface area contributed by atoms with Crippen LogP contribution in [0.4, 0.5) is 5.13 Å². The maximum Gasteiger partial charge on any atom is 0.185 e. The number of thiazole rings is 1. The molecule has 3 unspecified atom stereocenters. The van der Waals surface area contributed by atoms with Gasteiger partial charge < -0.3 is 10.2 Å². The first-order valence-corrected chi connectivity index (χ1v) is 9.21. The maximum absolute atomic E-state index is 5.01. The van der Waals surface area contributed by atoms with Gasteiger partial charge in [0.15, 0.2) is 5.13 Å². The monoisotopic (exact) mass is 309 g/mol. The summed E-state index contributed by atoms with van der Waals surface area (Å²) in [4.78, 5) is 8.94. The molecule has 4 heteroatoms. The van der Waals surface area contributed by atoms with E-state index in [0.29, 0.717) is 12.0 Å². The number of nitrogens with zero attached hydrogens (tertiary/aromatic N) is 2. The van der Waals surface area contributed by atoms with Crippen molar-refractivity contribution in [3.63, 3.8) is 0 Å². The van der Waals surface area contributed by atoms with E-state index < -0.39 is 0 Å². The van der Waals surface area contributed by atoms with Gasteiger partial charge in [-0.05, 0) is 24.2 Å². The molecule has 1 aliphatic heterocycles. The van der Waals surface area contributed by atoms with Crippen LogP contribution in [0.5, 0.6) is 0 Å². The molecule has 1 aromatic heterocycles. The SMILES string of the molecule is CCC(C)c1nc(N2CC(C)C(C)C2)sc1CNC(C)C. The van der Waals surface area contributed by atoms with E-state index in [4.69, 9.17) is 4.98 Å². The number of anilines is 1. The van der Waals surface area contributed by atoms with Gasteiger partial charge in [-0.3, -0.25) is 0 Å². The Bertz CT molecular complexity index is 445. The third kappa shape index (κ3) is 3.98. The molecule has 3 nitrogen and oxygen atoms in total. The third-order valence-corrected chi connectivity index (χ3v) is 5.86. The van der Waals surface area contributed by atoms with Crippen LogP contribution >= 0.6 is 11.3 Å². The number of nitrogens with one attached hydrogen (secondary N) is 1. The summed E-state index contributed by atoms with van der Waals surface area (Å²) < 4.78 is 0. The number of rotatable bonds is 6. The molecule has 1 fully saturated rings. The smallest absolute Gasteiger partial charge is 0.185 e. The van der Waals surface area contributed by atoms with Gasteiger partial charge in [-0.1, -0.05) is 41.5 Å². The van der Waals surface area contributed by atoms with E-state index in [1.807, 2.05) is 11.3 Å². The molecule has 0 aromatic carbocycles. The minimum atomic E-state index is 0.521. The average molecular weight is 310 g/mol. The van der Waals surface area contributed by atoms with Crippen LogP contribution in [0.1, 0.15) is 64.5 Å². The molecule has 0 aliphatic carbocycles. The summed E-state index contributed by atoms with van der Waals surface area (Å²) in [6.45, 7) is 16.9. The van der Waals surface area contributed by atoms with Crippen molar-refractivity contribution in [2.75, 3.05) is 18.0 Å². The van der Waals surface area contributed by atoms with Gasteiger partial charge in [0.25, 0.3) is 0 Å². The van der Waals surface area contributed by atoms with Crippen LogP contribution in [0.2, 0.25) is 0 Å². The first-order chi connectivity index (χ1) is 9.92. The molecule has 120 valence electrons. The zero-order valence-corrected chi connectivity index (χ0v) is 15.3. The molecule has 0 saturated carbocycles. The van der Waals surface area contributed by atoms with Crippen LogP contribution in [0, 0.1) is 11.8 Å². The third-order valence-electron chi connectivity index (χ3n) is 4.72. The highest BCUT2D eigenvalue weighted by molar-refractivity contribution is 7.15. The molecule has 0 spiro atoms. The van der Waals surface area contributed by atoms with E-state index in [-0.39, 0.29) is 0 Å². The molecule has 1 N–H and O–H groups in total. The number of hydrogen-bond donors (Lipinski definition) is 1. The van der Waals surface area contributed by atoms with Crippen molar-refractivity contribution in [1.29, 1.82) is 0 Å². The van der Waals surface area contributed by atoms with Crippen molar-refractivity contribution in [3.8, 4) is 0 Å². The predicted molar refractivity (Wildman–Crippen MR) is 93.3 cm³/mol. The van der Waals surface area contributed by atoms with Gasteiger partial charge in [-0.25, -0.2) is 4.98 Å². The van der Waals surface area contributed by atoms with Crippen LogP contribution < -0.4 is 10.2 Å². The van der Waals surface area contributed by atoms with E-state index in [1.54, 1.807) is 0 Å². The molecule has 1 aromatic rings. The van der Waals surface area contributed by atoms with Gasteiger partial charge >= 0.3 is 0 Å². The van der Waals surface area contributed by atoms with Crippen molar-refractivity contribution < 1.29 is 0 Å². The van der Waals surface area contributed by atoms with Crippen molar-refractivity contribution in [3.05, 3.63) is 10.6 Å². The predicted octanol–water partition coefficient (Wildman–Crippen LogP) is 4.25. The highest BCUT2D eigenvalue weighted by atomic mass is 32.1. The summed E-state index contributed by atoms with van der Waals surface area (Å²) in [5.41, 5.74) is 1.32. The second kappa shape index (κ2) is 7.10. The van der Waals surface area contributed by atoms with Crippen LogP contribution in [0.25, 0.3) is 0 Å². The highest BCUT2D eigenvalue weighted by Crippen LogP contribution is 2.35. The lowest BCUT2D eigenvalue weighted by Crippen LogP contribution is -2.22.